The van der Waals surface area contributed by atoms with Crippen LogP contribution in [0.15, 0.2) is 18.2 Å². The van der Waals surface area contributed by atoms with Crippen molar-refractivity contribution < 1.29 is 4.74 Å². The second-order valence-electron chi connectivity index (χ2n) is 4.54. The first-order valence-electron chi connectivity index (χ1n) is 5.89. The molecule has 1 fully saturated rings. The molecule has 0 saturated carbocycles. The minimum Gasteiger partial charge on any atom is -0.397 e. The lowest BCUT2D eigenvalue weighted by atomic mass is 10.1. The topological polar surface area (TPSA) is 38.5 Å². The summed E-state index contributed by atoms with van der Waals surface area (Å²) in [6, 6.07) is 6.20. The molecule has 0 amide bonds. The molecule has 1 aromatic rings. The van der Waals surface area contributed by atoms with Crippen molar-refractivity contribution in [2.24, 2.45) is 0 Å². The van der Waals surface area contributed by atoms with Crippen LogP contribution in [0.5, 0.6) is 0 Å². The number of anilines is 2. The lowest BCUT2D eigenvalue weighted by molar-refractivity contribution is 0.0821. The van der Waals surface area contributed by atoms with Crippen molar-refractivity contribution in [1.82, 2.24) is 0 Å². The lowest BCUT2D eigenvalue weighted by Crippen LogP contribution is -2.30. The first-order valence-corrected chi connectivity index (χ1v) is 5.89. The monoisotopic (exact) mass is 220 g/mol. The molecule has 0 spiro atoms. The van der Waals surface area contributed by atoms with Crippen LogP contribution in [-0.4, -0.2) is 25.8 Å². The molecule has 1 atom stereocenters. The van der Waals surface area contributed by atoms with E-state index in [9.17, 15) is 0 Å². The number of nitrogen functional groups attached to an aromatic ring is 1. The normalized spacial score (nSPS) is 21.9. The minimum absolute atomic E-state index is 0.280. The first kappa shape index (κ1) is 11.3. The molecule has 2 rings (SSSR count). The Morgan fingerprint density at radius 3 is 3.06 bits per heavy atom. The van der Waals surface area contributed by atoms with Crippen LogP contribution in [0, 0.1) is 6.92 Å². The molecule has 1 aliphatic heterocycles. The molecule has 16 heavy (non-hydrogen) atoms. The van der Waals surface area contributed by atoms with Crippen LogP contribution in [-0.2, 0) is 4.74 Å². The maximum Gasteiger partial charge on any atom is 0.0721 e. The summed E-state index contributed by atoms with van der Waals surface area (Å²) in [5.41, 5.74) is 9.30. The summed E-state index contributed by atoms with van der Waals surface area (Å²) in [5.74, 6) is 0. The third kappa shape index (κ3) is 2.47. The molecule has 0 aliphatic carbocycles. The Balaban J connectivity index is 2.24. The standard InChI is InChI=1S/C13H20N2O/c1-10-4-5-12(14)13(8-10)15-6-3-7-16-11(2)9-15/h4-5,8,11H,3,6-7,9,14H2,1-2H3. The molecule has 0 radical (unpaired) electrons. The van der Waals surface area contributed by atoms with Gasteiger partial charge in [0.05, 0.1) is 17.5 Å². The molecule has 1 unspecified atom stereocenters. The second kappa shape index (κ2) is 4.74. The molecule has 1 aromatic carbocycles. The number of rotatable bonds is 1. The second-order valence-corrected chi connectivity index (χ2v) is 4.54. The summed E-state index contributed by atoms with van der Waals surface area (Å²) >= 11 is 0. The predicted molar refractivity (Wildman–Crippen MR) is 67.8 cm³/mol. The van der Waals surface area contributed by atoms with Crippen molar-refractivity contribution in [1.29, 1.82) is 0 Å². The van der Waals surface area contributed by atoms with Crippen molar-refractivity contribution in [2.45, 2.75) is 26.4 Å². The summed E-state index contributed by atoms with van der Waals surface area (Å²) in [7, 11) is 0. The quantitative estimate of drug-likeness (QED) is 0.737. The third-order valence-electron chi connectivity index (χ3n) is 2.98. The fraction of sp³-hybridized carbons (Fsp3) is 0.538. The van der Waals surface area contributed by atoms with Gasteiger partial charge in [0.25, 0.3) is 0 Å². The molecule has 0 aromatic heterocycles. The first-order chi connectivity index (χ1) is 7.66. The Labute approximate surface area is 97.2 Å². The van der Waals surface area contributed by atoms with E-state index in [1.165, 1.54) is 5.56 Å². The Morgan fingerprint density at radius 2 is 2.25 bits per heavy atom. The summed E-state index contributed by atoms with van der Waals surface area (Å²) in [6.45, 7) is 7.01. The van der Waals surface area contributed by atoms with E-state index in [2.05, 4.69) is 30.9 Å². The van der Waals surface area contributed by atoms with E-state index in [1.54, 1.807) is 0 Å². The Kier molecular flexibility index (Phi) is 3.34. The van der Waals surface area contributed by atoms with E-state index in [-0.39, 0.29) is 6.10 Å². The molecular formula is C13H20N2O. The van der Waals surface area contributed by atoms with Gasteiger partial charge in [0.2, 0.25) is 0 Å². The van der Waals surface area contributed by atoms with E-state index in [0.29, 0.717) is 0 Å². The number of hydrogen-bond acceptors (Lipinski definition) is 3. The smallest absolute Gasteiger partial charge is 0.0721 e. The molecule has 88 valence electrons. The summed E-state index contributed by atoms with van der Waals surface area (Å²) < 4.78 is 5.64. The van der Waals surface area contributed by atoms with Crippen LogP contribution in [0.2, 0.25) is 0 Å². The molecular weight excluding hydrogens is 200 g/mol. The van der Waals surface area contributed by atoms with E-state index in [0.717, 1.165) is 37.5 Å². The van der Waals surface area contributed by atoms with Gasteiger partial charge < -0.3 is 15.4 Å². The zero-order chi connectivity index (χ0) is 11.5. The zero-order valence-corrected chi connectivity index (χ0v) is 10.1. The molecule has 1 saturated heterocycles. The zero-order valence-electron chi connectivity index (χ0n) is 10.1. The van der Waals surface area contributed by atoms with Gasteiger partial charge in [0.1, 0.15) is 0 Å². The van der Waals surface area contributed by atoms with Gasteiger partial charge in [-0.15, -0.1) is 0 Å². The van der Waals surface area contributed by atoms with Crippen LogP contribution in [0.25, 0.3) is 0 Å². The fourth-order valence-corrected chi connectivity index (χ4v) is 2.14. The van der Waals surface area contributed by atoms with Crippen molar-refractivity contribution in [3.05, 3.63) is 23.8 Å². The highest BCUT2D eigenvalue weighted by Gasteiger charge is 2.17. The summed E-state index contributed by atoms with van der Waals surface area (Å²) in [6.07, 6.45) is 1.35. The molecule has 1 heterocycles. The summed E-state index contributed by atoms with van der Waals surface area (Å²) in [4.78, 5) is 2.33. The summed E-state index contributed by atoms with van der Waals surface area (Å²) in [5, 5.41) is 0. The van der Waals surface area contributed by atoms with Gasteiger partial charge in [0, 0.05) is 19.7 Å². The number of hydrogen-bond donors (Lipinski definition) is 1. The third-order valence-corrected chi connectivity index (χ3v) is 2.98. The van der Waals surface area contributed by atoms with E-state index >= 15 is 0 Å². The molecule has 3 nitrogen and oxygen atoms in total. The fourth-order valence-electron chi connectivity index (χ4n) is 2.14. The van der Waals surface area contributed by atoms with Crippen LogP contribution < -0.4 is 10.6 Å². The lowest BCUT2D eigenvalue weighted by Gasteiger charge is -2.26. The predicted octanol–water partition coefficient (Wildman–Crippen LogP) is 2.19. The average Bonchev–Trinajstić information content (AvgIpc) is 2.46. The van der Waals surface area contributed by atoms with E-state index in [1.807, 2.05) is 6.07 Å². The van der Waals surface area contributed by atoms with Crippen molar-refractivity contribution in [3.8, 4) is 0 Å². The molecule has 0 bridgehead atoms. The molecule has 2 N–H and O–H groups in total. The Morgan fingerprint density at radius 1 is 1.44 bits per heavy atom. The Bertz CT molecular complexity index is 365. The highest BCUT2D eigenvalue weighted by atomic mass is 16.5. The maximum atomic E-state index is 6.03. The van der Waals surface area contributed by atoms with E-state index in [4.69, 9.17) is 10.5 Å². The highest BCUT2D eigenvalue weighted by molar-refractivity contribution is 5.68. The van der Waals surface area contributed by atoms with E-state index < -0.39 is 0 Å². The van der Waals surface area contributed by atoms with Gasteiger partial charge in [-0.2, -0.15) is 0 Å². The van der Waals surface area contributed by atoms with Crippen molar-refractivity contribution in [3.63, 3.8) is 0 Å². The van der Waals surface area contributed by atoms with Gasteiger partial charge in [-0.3, -0.25) is 0 Å². The maximum absolute atomic E-state index is 6.03. The minimum atomic E-state index is 0.280. The van der Waals surface area contributed by atoms with Gasteiger partial charge >= 0.3 is 0 Å². The molecule has 1 aliphatic rings. The number of ether oxygens (including phenoxy) is 1. The van der Waals surface area contributed by atoms with Gasteiger partial charge in [-0.1, -0.05) is 6.07 Å². The largest absolute Gasteiger partial charge is 0.397 e. The van der Waals surface area contributed by atoms with Crippen LogP contribution >= 0.6 is 0 Å². The van der Waals surface area contributed by atoms with Gasteiger partial charge in [0.15, 0.2) is 0 Å². The molecule has 3 heteroatoms. The highest BCUT2D eigenvalue weighted by Crippen LogP contribution is 2.26. The van der Waals surface area contributed by atoms with Crippen LogP contribution in [0.3, 0.4) is 0 Å². The van der Waals surface area contributed by atoms with Crippen molar-refractivity contribution in [2.75, 3.05) is 30.3 Å². The Hall–Kier alpha value is -1.22. The van der Waals surface area contributed by atoms with Gasteiger partial charge in [-0.25, -0.2) is 0 Å². The van der Waals surface area contributed by atoms with Crippen LogP contribution in [0.1, 0.15) is 18.9 Å². The SMILES string of the molecule is Cc1ccc(N)c(N2CCCOC(C)C2)c1. The average molecular weight is 220 g/mol. The number of aryl methyl sites for hydroxylation is 1. The number of benzene rings is 1. The van der Waals surface area contributed by atoms with Gasteiger partial charge in [-0.05, 0) is 38.0 Å². The van der Waals surface area contributed by atoms with Crippen LogP contribution in [0.4, 0.5) is 11.4 Å². The number of nitrogens with two attached hydrogens (primary N) is 1. The number of nitrogens with zero attached hydrogens (tertiary/aromatic N) is 1. The van der Waals surface area contributed by atoms with Crippen molar-refractivity contribution >= 4 is 11.4 Å².